The van der Waals surface area contributed by atoms with Gasteiger partial charge in [-0.15, -0.1) is 0 Å². The molecule has 0 saturated heterocycles. The fourth-order valence-corrected chi connectivity index (χ4v) is 3.93. The first-order valence-corrected chi connectivity index (χ1v) is 10.5. The summed E-state index contributed by atoms with van der Waals surface area (Å²) >= 11 is 6.26. The molecule has 2 aromatic carbocycles. The Bertz CT molecular complexity index is 1200. The number of anilines is 1. The SMILES string of the molecule is [C-]#[N+]c1cc(C2CC2)c2ncc(C(=O)OCC)c(NCc3ccc(OC)c(Cl)c3)c2c1. The number of fused-ring (bicyclic) bond motifs is 1. The van der Waals surface area contributed by atoms with Gasteiger partial charge in [-0.3, -0.25) is 4.98 Å². The van der Waals surface area contributed by atoms with Crippen LogP contribution in [-0.4, -0.2) is 24.7 Å². The molecule has 1 saturated carbocycles. The molecule has 3 aromatic rings. The van der Waals surface area contributed by atoms with Crippen LogP contribution >= 0.6 is 11.6 Å². The van der Waals surface area contributed by atoms with Crippen LogP contribution in [0.15, 0.2) is 36.5 Å². The number of ether oxygens (including phenoxy) is 2. The summed E-state index contributed by atoms with van der Waals surface area (Å²) in [6.45, 7) is 9.97. The van der Waals surface area contributed by atoms with Crippen LogP contribution in [0.1, 0.15) is 47.2 Å². The van der Waals surface area contributed by atoms with Crippen LogP contribution < -0.4 is 10.1 Å². The Morgan fingerprint density at radius 1 is 1.32 bits per heavy atom. The van der Waals surface area contributed by atoms with E-state index in [1.807, 2.05) is 18.2 Å². The Labute approximate surface area is 186 Å². The number of nitrogens with one attached hydrogen (secondary N) is 1. The van der Waals surface area contributed by atoms with Crippen LogP contribution in [0, 0.1) is 6.57 Å². The average Bonchev–Trinajstić information content (AvgIpc) is 3.62. The predicted molar refractivity (Wildman–Crippen MR) is 121 cm³/mol. The Kier molecular flexibility index (Phi) is 5.97. The Morgan fingerprint density at radius 2 is 2.13 bits per heavy atom. The van der Waals surface area contributed by atoms with Crippen LogP contribution in [0.2, 0.25) is 5.02 Å². The van der Waals surface area contributed by atoms with Crippen molar-refractivity contribution in [3.63, 3.8) is 0 Å². The molecule has 0 spiro atoms. The Balaban J connectivity index is 1.80. The highest BCUT2D eigenvalue weighted by Gasteiger charge is 2.28. The summed E-state index contributed by atoms with van der Waals surface area (Å²) < 4.78 is 10.5. The normalized spacial score (nSPS) is 13.0. The molecule has 0 radical (unpaired) electrons. The molecule has 1 aliphatic rings. The number of rotatable bonds is 7. The maximum absolute atomic E-state index is 12.6. The summed E-state index contributed by atoms with van der Waals surface area (Å²) in [5.74, 6) is 0.564. The van der Waals surface area contributed by atoms with Gasteiger partial charge in [0.25, 0.3) is 0 Å². The van der Waals surface area contributed by atoms with Gasteiger partial charge < -0.3 is 14.8 Å². The summed E-state index contributed by atoms with van der Waals surface area (Å²) in [5, 5.41) is 4.63. The fraction of sp³-hybridized carbons (Fsp3) is 0.292. The molecule has 31 heavy (non-hydrogen) atoms. The molecule has 0 atom stereocenters. The van der Waals surface area contributed by atoms with Gasteiger partial charge in [-0.05, 0) is 55.0 Å². The first-order chi connectivity index (χ1) is 15.0. The van der Waals surface area contributed by atoms with E-state index in [1.54, 1.807) is 32.4 Å². The van der Waals surface area contributed by atoms with Crippen LogP contribution in [0.25, 0.3) is 15.7 Å². The molecule has 0 amide bonds. The Morgan fingerprint density at radius 3 is 2.77 bits per heavy atom. The number of methoxy groups -OCH3 is 1. The summed E-state index contributed by atoms with van der Waals surface area (Å²) in [7, 11) is 1.57. The van der Waals surface area contributed by atoms with E-state index in [-0.39, 0.29) is 6.61 Å². The van der Waals surface area contributed by atoms with E-state index in [9.17, 15) is 4.79 Å². The largest absolute Gasteiger partial charge is 0.495 e. The van der Waals surface area contributed by atoms with Crippen molar-refractivity contribution in [2.75, 3.05) is 19.0 Å². The van der Waals surface area contributed by atoms with Crippen molar-refractivity contribution in [2.24, 2.45) is 0 Å². The minimum absolute atomic E-state index is 0.264. The summed E-state index contributed by atoms with van der Waals surface area (Å²) in [6.07, 6.45) is 3.74. The maximum atomic E-state index is 12.6. The van der Waals surface area contributed by atoms with Gasteiger partial charge in [0.05, 0.1) is 36.5 Å². The third-order valence-corrected chi connectivity index (χ3v) is 5.61. The van der Waals surface area contributed by atoms with Gasteiger partial charge in [-0.25, -0.2) is 9.64 Å². The summed E-state index contributed by atoms with van der Waals surface area (Å²) in [4.78, 5) is 20.9. The Hall–Kier alpha value is -3.30. The molecular weight excluding hydrogens is 414 g/mol. The predicted octanol–water partition coefficient (Wildman–Crippen LogP) is 6.11. The van der Waals surface area contributed by atoms with Crippen LogP contribution in [0.4, 0.5) is 11.4 Å². The van der Waals surface area contributed by atoms with E-state index in [0.29, 0.717) is 40.2 Å². The number of nitrogens with zero attached hydrogens (tertiary/aromatic N) is 2. The molecule has 1 aliphatic carbocycles. The summed E-state index contributed by atoms with van der Waals surface area (Å²) in [5.41, 5.74) is 4.30. The van der Waals surface area contributed by atoms with Gasteiger partial charge in [0.1, 0.15) is 11.3 Å². The van der Waals surface area contributed by atoms with Crippen molar-refractivity contribution < 1.29 is 14.3 Å². The van der Waals surface area contributed by atoms with E-state index < -0.39 is 5.97 Å². The van der Waals surface area contributed by atoms with Gasteiger partial charge in [0.15, 0.2) is 5.69 Å². The molecule has 6 nitrogen and oxygen atoms in total. The van der Waals surface area contributed by atoms with Crippen molar-refractivity contribution in [1.29, 1.82) is 0 Å². The van der Waals surface area contributed by atoms with E-state index in [1.165, 1.54) is 0 Å². The van der Waals surface area contributed by atoms with Crippen molar-refractivity contribution in [2.45, 2.75) is 32.2 Å². The van der Waals surface area contributed by atoms with Crippen molar-refractivity contribution >= 4 is 39.8 Å². The number of halogens is 1. The second-order valence-electron chi connectivity index (χ2n) is 7.41. The number of pyridine rings is 1. The molecule has 0 bridgehead atoms. The molecule has 4 rings (SSSR count). The van der Waals surface area contributed by atoms with E-state index >= 15 is 0 Å². The van der Waals surface area contributed by atoms with Crippen LogP contribution in [0.3, 0.4) is 0 Å². The molecule has 1 heterocycles. The van der Waals surface area contributed by atoms with Gasteiger partial charge in [-0.1, -0.05) is 23.7 Å². The van der Waals surface area contributed by atoms with Gasteiger partial charge in [0, 0.05) is 18.1 Å². The topological polar surface area (TPSA) is 64.8 Å². The monoisotopic (exact) mass is 435 g/mol. The molecule has 1 fully saturated rings. The number of hydrogen-bond acceptors (Lipinski definition) is 5. The molecular formula is C24H22ClN3O3. The minimum atomic E-state index is -0.451. The molecule has 0 unspecified atom stereocenters. The fourth-order valence-electron chi connectivity index (χ4n) is 3.65. The van der Waals surface area contributed by atoms with E-state index in [2.05, 4.69) is 15.1 Å². The number of hydrogen-bond donors (Lipinski definition) is 1. The van der Waals surface area contributed by atoms with Gasteiger partial charge in [-0.2, -0.15) is 0 Å². The second-order valence-corrected chi connectivity index (χ2v) is 7.81. The summed E-state index contributed by atoms with van der Waals surface area (Å²) in [6, 6.07) is 9.23. The highest BCUT2D eigenvalue weighted by atomic mass is 35.5. The lowest BCUT2D eigenvalue weighted by Crippen LogP contribution is -2.11. The van der Waals surface area contributed by atoms with Crippen LogP contribution in [0.5, 0.6) is 5.75 Å². The molecule has 7 heteroatoms. The van der Waals surface area contributed by atoms with E-state index in [4.69, 9.17) is 27.6 Å². The number of carbonyl (C=O) groups excluding carboxylic acids is 1. The zero-order chi connectivity index (χ0) is 22.0. The highest BCUT2D eigenvalue weighted by Crippen LogP contribution is 2.45. The first kappa shape index (κ1) is 21.0. The van der Waals surface area contributed by atoms with Crippen molar-refractivity contribution in [3.05, 3.63) is 69.7 Å². The lowest BCUT2D eigenvalue weighted by molar-refractivity contribution is 0.0527. The van der Waals surface area contributed by atoms with Gasteiger partial charge in [0.2, 0.25) is 0 Å². The van der Waals surface area contributed by atoms with E-state index in [0.717, 1.165) is 34.9 Å². The smallest absolute Gasteiger partial charge is 0.341 e. The zero-order valence-corrected chi connectivity index (χ0v) is 18.1. The molecule has 0 aliphatic heterocycles. The molecule has 158 valence electrons. The highest BCUT2D eigenvalue weighted by molar-refractivity contribution is 6.32. The van der Waals surface area contributed by atoms with Crippen molar-refractivity contribution in [3.8, 4) is 5.75 Å². The lowest BCUT2D eigenvalue weighted by Gasteiger charge is -2.16. The third kappa shape index (κ3) is 4.28. The third-order valence-electron chi connectivity index (χ3n) is 5.31. The second kappa shape index (κ2) is 8.83. The number of aromatic nitrogens is 1. The number of benzene rings is 2. The average molecular weight is 436 g/mol. The lowest BCUT2D eigenvalue weighted by atomic mass is 10.0. The van der Waals surface area contributed by atoms with Crippen molar-refractivity contribution in [1.82, 2.24) is 4.98 Å². The number of esters is 1. The molecule has 1 aromatic heterocycles. The molecule has 1 N–H and O–H groups in total. The quantitative estimate of drug-likeness (QED) is 0.358. The zero-order valence-electron chi connectivity index (χ0n) is 17.4. The standard InChI is InChI=1S/C24H22ClN3O3/c1-4-31-24(29)19-13-28-22-17(15-6-7-15)10-16(26-2)11-18(22)23(19)27-12-14-5-8-21(30-3)20(25)9-14/h5,8-11,13,15H,4,6-7,12H2,1,3H3,(H,27,28). The number of carbonyl (C=O) groups is 1. The first-order valence-electron chi connectivity index (χ1n) is 10.1. The van der Waals surface area contributed by atoms with Gasteiger partial charge >= 0.3 is 5.97 Å². The maximum Gasteiger partial charge on any atom is 0.341 e. The van der Waals surface area contributed by atoms with Crippen LogP contribution in [-0.2, 0) is 11.3 Å². The minimum Gasteiger partial charge on any atom is -0.495 e.